The van der Waals surface area contributed by atoms with Crippen LogP contribution in [0.2, 0.25) is 0 Å². The van der Waals surface area contributed by atoms with Crippen LogP contribution in [0.25, 0.3) is 11.5 Å². The summed E-state index contributed by atoms with van der Waals surface area (Å²) in [5.74, 6) is 1.09. The average Bonchev–Trinajstić information content (AvgIpc) is 3.06. The molecule has 1 atom stereocenters. The summed E-state index contributed by atoms with van der Waals surface area (Å²) in [4.78, 5) is 0. The average molecular weight is 309 g/mol. The first kappa shape index (κ1) is 15.2. The lowest BCUT2D eigenvalue weighted by Gasteiger charge is -2.12. The summed E-state index contributed by atoms with van der Waals surface area (Å²) in [6, 6.07) is 17.7. The molecule has 0 bridgehead atoms. The maximum Gasteiger partial charge on any atom is 0.247 e. The van der Waals surface area contributed by atoms with Crippen molar-refractivity contribution in [2.45, 2.75) is 19.6 Å². The molecule has 0 saturated heterocycles. The van der Waals surface area contributed by atoms with Crippen molar-refractivity contribution in [3.63, 3.8) is 0 Å². The van der Waals surface area contributed by atoms with E-state index in [1.54, 1.807) is 7.11 Å². The minimum absolute atomic E-state index is 0.0854. The summed E-state index contributed by atoms with van der Waals surface area (Å²) >= 11 is 0. The Morgan fingerprint density at radius 3 is 2.70 bits per heavy atom. The summed E-state index contributed by atoms with van der Waals surface area (Å²) in [5, 5.41) is 11.6. The summed E-state index contributed by atoms with van der Waals surface area (Å²) in [7, 11) is 1.69. The lowest BCUT2D eigenvalue weighted by Crippen LogP contribution is -2.07. The Kier molecular flexibility index (Phi) is 4.68. The Morgan fingerprint density at radius 2 is 1.91 bits per heavy atom. The van der Waals surface area contributed by atoms with Gasteiger partial charge in [0.25, 0.3) is 0 Å². The maximum atomic E-state index is 5.77. The molecule has 2 aromatic carbocycles. The van der Waals surface area contributed by atoms with Gasteiger partial charge in [-0.3, -0.25) is 0 Å². The zero-order valence-electron chi connectivity index (χ0n) is 13.2. The monoisotopic (exact) mass is 309 g/mol. The van der Waals surface area contributed by atoms with Crippen LogP contribution in [0.5, 0.6) is 0 Å². The molecule has 1 heterocycles. The summed E-state index contributed by atoms with van der Waals surface area (Å²) in [6.07, 6.45) is 0. The fraction of sp³-hybridized carbons (Fsp3) is 0.222. The van der Waals surface area contributed by atoms with Gasteiger partial charge in [-0.15, -0.1) is 10.2 Å². The first-order valence-electron chi connectivity index (χ1n) is 7.49. The molecule has 0 aliphatic rings. The number of methoxy groups -OCH3 is 1. The van der Waals surface area contributed by atoms with Gasteiger partial charge in [0.1, 0.15) is 6.04 Å². The quantitative estimate of drug-likeness (QED) is 0.744. The van der Waals surface area contributed by atoms with Crippen molar-refractivity contribution in [3.05, 3.63) is 66.1 Å². The molecular formula is C18H19N3O2. The van der Waals surface area contributed by atoms with Crippen LogP contribution in [0.3, 0.4) is 0 Å². The lowest BCUT2D eigenvalue weighted by molar-refractivity contribution is 0.185. The Balaban J connectivity index is 1.72. The standard InChI is InChI=1S/C18H19N3O2/c1-13(19-16-10-6-7-14(11-16)12-22-2)17-20-21-18(23-17)15-8-4-3-5-9-15/h3-11,13,19H,12H2,1-2H3/t13-/m1/s1. The van der Waals surface area contributed by atoms with Crippen LogP contribution < -0.4 is 5.32 Å². The second-order valence-electron chi connectivity index (χ2n) is 5.31. The van der Waals surface area contributed by atoms with E-state index < -0.39 is 0 Å². The minimum atomic E-state index is -0.0854. The third-order valence-electron chi connectivity index (χ3n) is 3.45. The largest absolute Gasteiger partial charge is 0.418 e. The van der Waals surface area contributed by atoms with Gasteiger partial charge < -0.3 is 14.5 Å². The van der Waals surface area contributed by atoms with Gasteiger partial charge in [-0.25, -0.2) is 0 Å². The molecule has 0 saturated carbocycles. The Labute approximate surface area is 135 Å². The van der Waals surface area contributed by atoms with Crippen LogP contribution in [0.4, 0.5) is 5.69 Å². The zero-order chi connectivity index (χ0) is 16.1. The summed E-state index contributed by atoms with van der Waals surface area (Å²) in [6.45, 7) is 2.58. The molecule has 0 unspecified atom stereocenters. The van der Waals surface area contributed by atoms with Gasteiger partial charge >= 0.3 is 0 Å². The first-order valence-corrected chi connectivity index (χ1v) is 7.49. The fourth-order valence-corrected chi connectivity index (χ4v) is 2.34. The molecule has 0 aliphatic carbocycles. The molecule has 0 fully saturated rings. The molecule has 5 nitrogen and oxygen atoms in total. The highest BCUT2D eigenvalue weighted by molar-refractivity contribution is 5.52. The van der Waals surface area contributed by atoms with Crippen molar-refractivity contribution in [2.24, 2.45) is 0 Å². The van der Waals surface area contributed by atoms with Gasteiger partial charge in [-0.1, -0.05) is 30.3 Å². The third-order valence-corrected chi connectivity index (χ3v) is 3.45. The topological polar surface area (TPSA) is 60.2 Å². The number of aromatic nitrogens is 2. The van der Waals surface area contributed by atoms with E-state index in [9.17, 15) is 0 Å². The van der Waals surface area contributed by atoms with Crippen molar-refractivity contribution in [1.82, 2.24) is 10.2 Å². The number of nitrogens with one attached hydrogen (secondary N) is 1. The van der Waals surface area contributed by atoms with Crippen LogP contribution in [0, 0.1) is 0 Å². The molecule has 0 spiro atoms. The number of anilines is 1. The number of hydrogen-bond donors (Lipinski definition) is 1. The molecular weight excluding hydrogens is 290 g/mol. The second kappa shape index (κ2) is 7.07. The summed E-state index contributed by atoms with van der Waals surface area (Å²) < 4.78 is 10.9. The van der Waals surface area contributed by atoms with E-state index in [-0.39, 0.29) is 6.04 Å². The Hall–Kier alpha value is -2.66. The van der Waals surface area contributed by atoms with Crippen LogP contribution in [-0.4, -0.2) is 17.3 Å². The molecule has 0 radical (unpaired) electrons. The Bertz CT molecular complexity index is 756. The molecule has 0 amide bonds. The third kappa shape index (κ3) is 3.76. The van der Waals surface area contributed by atoms with E-state index in [4.69, 9.17) is 9.15 Å². The molecule has 3 rings (SSSR count). The van der Waals surface area contributed by atoms with E-state index in [0.29, 0.717) is 18.4 Å². The van der Waals surface area contributed by atoms with Crippen molar-refractivity contribution < 1.29 is 9.15 Å². The molecule has 0 aliphatic heterocycles. The highest BCUT2D eigenvalue weighted by Gasteiger charge is 2.14. The van der Waals surface area contributed by atoms with E-state index in [1.165, 1.54) is 0 Å². The maximum absolute atomic E-state index is 5.77. The predicted molar refractivity (Wildman–Crippen MR) is 88.9 cm³/mol. The van der Waals surface area contributed by atoms with E-state index in [2.05, 4.69) is 21.6 Å². The van der Waals surface area contributed by atoms with E-state index >= 15 is 0 Å². The number of rotatable bonds is 6. The van der Waals surface area contributed by atoms with Crippen molar-refractivity contribution >= 4 is 5.69 Å². The number of hydrogen-bond acceptors (Lipinski definition) is 5. The van der Waals surface area contributed by atoms with Crippen LogP contribution in [0.1, 0.15) is 24.4 Å². The molecule has 5 heteroatoms. The fourth-order valence-electron chi connectivity index (χ4n) is 2.34. The molecule has 118 valence electrons. The van der Waals surface area contributed by atoms with Gasteiger partial charge in [0.2, 0.25) is 11.8 Å². The van der Waals surface area contributed by atoms with Gasteiger partial charge in [-0.05, 0) is 36.8 Å². The van der Waals surface area contributed by atoms with Crippen molar-refractivity contribution in [1.29, 1.82) is 0 Å². The molecule has 3 aromatic rings. The van der Waals surface area contributed by atoms with Crippen LogP contribution in [-0.2, 0) is 11.3 Å². The van der Waals surface area contributed by atoms with Gasteiger partial charge in [0.15, 0.2) is 0 Å². The molecule has 23 heavy (non-hydrogen) atoms. The number of ether oxygens (including phenoxy) is 1. The molecule has 1 aromatic heterocycles. The SMILES string of the molecule is COCc1cccc(N[C@H](C)c2nnc(-c3ccccc3)o2)c1. The van der Waals surface area contributed by atoms with E-state index in [1.807, 2.05) is 55.5 Å². The zero-order valence-corrected chi connectivity index (χ0v) is 13.2. The number of benzene rings is 2. The predicted octanol–water partition coefficient (Wildman–Crippen LogP) is 4.06. The highest BCUT2D eigenvalue weighted by atomic mass is 16.5. The smallest absolute Gasteiger partial charge is 0.247 e. The van der Waals surface area contributed by atoms with Crippen LogP contribution in [0.15, 0.2) is 59.0 Å². The highest BCUT2D eigenvalue weighted by Crippen LogP contribution is 2.23. The number of nitrogens with zero attached hydrogens (tertiary/aromatic N) is 2. The minimum Gasteiger partial charge on any atom is -0.418 e. The van der Waals surface area contributed by atoms with Crippen molar-refractivity contribution in [2.75, 3.05) is 12.4 Å². The van der Waals surface area contributed by atoms with Gasteiger partial charge in [0.05, 0.1) is 6.61 Å². The van der Waals surface area contributed by atoms with Gasteiger partial charge in [-0.2, -0.15) is 0 Å². The Morgan fingerprint density at radius 1 is 1.09 bits per heavy atom. The normalized spacial score (nSPS) is 12.1. The molecule has 1 N–H and O–H groups in total. The van der Waals surface area contributed by atoms with Gasteiger partial charge in [0, 0.05) is 18.4 Å². The second-order valence-corrected chi connectivity index (χ2v) is 5.31. The summed E-state index contributed by atoms with van der Waals surface area (Å²) in [5.41, 5.74) is 3.02. The van der Waals surface area contributed by atoms with Crippen molar-refractivity contribution in [3.8, 4) is 11.5 Å². The van der Waals surface area contributed by atoms with Crippen LogP contribution >= 0.6 is 0 Å². The first-order chi connectivity index (χ1) is 11.3. The van der Waals surface area contributed by atoms with E-state index in [0.717, 1.165) is 16.8 Å². The lowest BCUT2D eigenvalue weighted by atomic mass is 10.2.